The summed E-state index contributed by atoms with van der Waals surface area (Å²) in [4.78, 5) is 29.2. The SMILES string of the molecule is CCOc1ccc(N(CC(=O)N(Cc2ccc(OC)cc2)[C@@H](C)C(=O)NC2CCCCC2)S(=O)(=O)c2ccc(C)cc2)cc1. The molecule has 1 saturated carbocycles. The van der Waals surface area contributed by atoms with Gasteiger partial charge in [0.2, 0.25) is 11.8 Å². The molecule has 2 amide bonds. The van der Waals surface area contributed by atoms with Crippen molar-refractivity contribution < 1.29 is 27.5 Å². The average molecular weight is 622 g/mol. The third-order valence-corrected chi connectivity index (χ3v) is 9.74. The van der Waals surface area contributed by atoms with Crippen LogP contribution in [0.3, 0.4) is 0 Å². The molecule has 9 nitrogen and oxygen atoms in total. The zero-order chi connectivity index (χ0) is 31.7. The third kappa shape index (κ3) is 8.31. The fraction of sp³-hybridized carbons (Fsp3) is 0.412. The maximum atomic E-state index is 14.2. The van der Waals surface area contributed by atoms with E-state index in [4.69, 9.17) is 9.47 Å². The van der Waals surface area contributed by atoms with E-state index >= 15 is 0 Å². The van der Waals surface area contributed by atoms with E-state index in [0.29, 0.717) is 23.8 Å². The van der Waals surface area contributed by atoms with Crippen molar-refractivity contribution in [1.29, 1.82) is 0 Å². The van der Waals surface area contributed by atoms with E-state index in [0.717, 1.165) is 47.5 Å². The van der Waals surface area contributed by atoms with E-state index < -0.39 is 28.5 Å². The highest BCUT2D eigenvalue weighted by atomic mass is 32.2. The number of benzene rings is 3. The molecule has 1 N–H and O–H groups in total. The highest BCUT2D eigenvalue weighted by Gasteiger charge is 2.33. The normalized spacial score (nSPS) is 14.4. The summed E-state index contributed by atoms with van der Waals surface area (Å²) in [5.41, 5.74) is 2.01. The molecule has 1 aliphatic rings. The summed E-state index contributed by atoms with van der Waals surface area (Å²) in [6.07, 6.45) is 5.08. The summed E-state index contributed by atoms with van der Waals surface area (Å²) >= 11 is 0. The van der Waals surface area contributed by atoms with Crippen molar-refractivity contribution in [2.75, 3.05) is 24.6 Å². The van der Waals surface area contributed by atoms with Gasteiger partial charge in [0.25, 0.3) is 10.0 Å². The van der Waals surface area contributed by atoms with Gasteiger partial charge in [-0.3, -0.25) is 13.9 Å². The predicted octanol–water partition coefficient (Wildman–Crippen LogP) is 5.46. The van der Waals surface area contributed by atoms with Crippen molar-refractivity contribution in [3.8, 4) is 11.5 Å². The quantitative estimate of drug-likeness (QED) is 0.272. The number of carbonyl (C=O) groups excluding carboxylic acids is 2. The topological polar surface area (TPSA) is 105 Å². The minimum atomic E-state index is -4.15. The van der Waals surface area contributed by atoms with Gasteiger partial charge in [0.15, 0.2) is 0 Å². The third-order valence-electron chi connectivity index (χ3n) is 7.95. The highest BCUT2D eigenvalue weighted by Crippen LogP contribution is 2.27. The van der Waals surface area contributed by atoms with Gasteiger partial charge in [0, 0.05) is 12.6 Å². The first kappa shape index (κ1) is 32.9. The largest absolute Gasteiger partial charge is 0.497 e. The molecule has 1 atom stereocenters. The van der Waals surface area contributed by atoms with Gasteiger partial charge in [-0.15, -0.1) is 0 Å². The van der Waals surface area contributed by atoms with Crippen LogP contribution in [-0.2, 0) is 26.2 Å². The lowest BCUT2D eigenvalue weighted by molar-refractivity contribution is -0.139. The molecule has 0 aromatic heterocycles. The van der Waals surface area contributed by atoms with Crippen LogP contribution in [0.4, 0.5) is 5.69 Å². The van der Waals surface area contributed by atoms with E-state index in [2.05, 4.69) is 5.32 Å². The van der Waals surface area contributed by atoms with Crippen molar-refractivity contribution in [1.82, 2.24) is 10.2 Å². The van der Waals surface area contributed by atoms with Crippen LogP contribution in [0.1, 0.15) is 57.1 Å². The Hall–Kier alpha value is -4.05. The molecule has 0 radical (unpaired) electrons. The zero-order valence-corrected chi connectivity index (χ0v) is 26.8. The van der Waals surface area contributed by atoms with Crippen LogP contribution in [0.5, 0.6) is 11.5 Å². The molecular weight excluding hydrogens is 578 g/mol. The molecule has 3 aromatic carbocycles. The predicted molar refractivity (Wildman–Crippen MR) is 171 cm³/mol. The fourth-order valence-electron chi connectivity index (χ4n) is 5.32. The van der Waals surface area contributed by atoms with E-state index in [1.54, 1.807) is 62.6 Å². The van der Waals surface area contributed by atoms with Crippen LogP contribution < -0.4 is 19.1 Å². The highest BCUT2D eigenvalue weighted by molar-refractivity contribution is 7.92. The number of sulfonamides is 1. The Labute approximate surface area is 261 Å². The van der Waals surface area contributed by atoms with E-state index in [-0.39, 0.29) is 23.4 Å². The monoisotopic (exact) mass is 621 g/mol. The van der Waals surface area contributed by atoms with Crippen LogP contribution in [0, 0.1) is 6.92 Å². The Balaban J connectivity index is 1.67. The van der Waals surface area contributed by atoms with Gasteiger partial charge in [-0.2, -0.15) is 0 Å². The second kappa shape index (κ2) is 15.1. The number of nitrogens with zero attached hydrogens (tertiary/aromatic N) is 2. The Morgan fingerprint density at radius 2 is 1.52 bits per heavy atom. The number of anilines is 1. The molecule has 0 heterocycles. The lowest BCUT2D eigenvalue weighted by Gasteiger charge is -2.33. The number of ether oxygens (including phenoxy) is 2. The summed E-state index contributed by atoms with van der Waals surface area (Å²) in [6, 6.07) is 19.6. The maximum Gasteiger partial charge on any atom is 0.264 e. The molecule has 10 heteroatoms. The van der Waals surface area contributed by atoms with E-state index in [9.17, 15) is 18.0 Å². The first-order valence-electron chi connectivity index (χ1n) is 15.2. The minimum Gasteiger partial charge on any atom is -0.497 e. The number of rotatable bonds is 13. The van der Waals surface area contributed by atoms with Crippen molar-refractivity contribution in [2.45, 2.75) is 76.4 Å². The second-order valence-corrected chi connectivity index (χ2v) is 13.0. The standard InChI is InChI=1S/C34H43N3O6S/c1-5-43-31-19-15-29(16-20-31)37(44(40,41)32-21-11-25(2)12-22-32)24-33(38)36(23-27-13-17-30(42-4)18-14-27)26(3)34(39)35-28-9-7-6-8-10-28/h11-22,26,28H,5-10,23-24H2,1-4H3,(H,35,39)/t26-/m0/s1. The van der Waals surface area contributed by atoms with Crippen molar-refractivity contribution in [3.05, 3.63) is 83.9 Å². The number of methoxy groups -OCH3 is 1. The van der Waals surface area contributed by atoms with E-state index in [1.807, 2.05) is 26.0 Å². The number of nitrogens with one attached hydrogen (secondary N) is 1. The number of hydrogen-bond acceptors (Lipinski definition) is 6. The smallest absolute Gasteiger partial charge is 0.264 e. The molecule has 0 aliphatic heterocycles. The fourth-order valence-corrected chi connectivity index (χ4v) is 6.73. The summed E-state index contributed by atoms with van der Waals surface area (Å²) in [5.74, 6) is 0.495. The lowest BCUT2D eigenvalue weighted by atomic mass is 9.95. The number of hydrogen-bond donors (Lipinski definition) is 1. The van der Waals surface area contributed by atoms with Crippen LogP contribution in [0.2, 0.25) is 0 Å². The van der Waals surface area contributed by atoms with Gasteiger partial charge in [-0.05, 0) is 87.7 Å². The van der Waals surface area contributed by atoms with Gasteiger partial charge in [0.05, 0.1) is 24.3 Å². The van der Waals surface area contributed by atoms with Gasteiger partial charge in [-0.25, -0.2) is 8.42 Å². The molecule has 0 unspecified atom stereocenters. The Morgan fingerprint density at radius 1 is 0.909 bits per heavy atom. The molecule has 1 fully saturated rings. The van der Waals surface area contributed by atoms with Gasteiger partial charge < -0.3 is 19.7 Å². The molecule has 236 valence electrons. The minimum absolute atomic E-state index is 0.0644. The van der Waals surface area contributed by atoms with Crippen LogP contribution in [0.25, 0.3) is 0 Å². The zero-order valence-electron chi connectivity index (χ0n) is 26.0. The molecule has 0 spiro atoms. The van der Waals surface area contributed by atoms with Gasteiger partial charge >= 0.3 is 0 Å². The van der Waals surface area contributed by atoms with Gasteiger partial charge in [-0.1, -0.05) is 49.1 Å². The lowest BCUT2D eigenvalue weighted by Crippen LogP contribution is -2.53. The molecular formula is C34H43N3O6S. The number of amides is 2. The Kier molecular flexibility index (Phi) is 11.3. The molecule has 44 heavy (non-hydrogen) atoms. The van der Waals surface area contributed by atoms with Crippen molar-refractivity contribution >= 4 is 27.5 Å². The molecule has 3 aromatic rings. The molecule has 1 aliphatic carbocycles. The summed E-state index contributed by atoms with van der Waals surface area (Å²) in [5, 5.41) is 3.12. The summed E-state index contributed by atoms with van der Waals surface area (Å²) in [6.45, 7) is 5.51. The first-order chi connectivity index (χ1) is 21.1. The average Bonchev–Trinajstić information content (AvgIpc) is 3.03. The molecule has 4 rings (SSSR count). The van der Waals surface area contributed by atoms with Crippen molar-refractivity contribution in [3.63, 3.8) is 0 Å². The van der Waals surface area contributed by atoms with Crippen molar-refractivity contribution in [2.24, 2.45) is 0 Å². The molecule has 0 saturated heterocycles. The van der Waals surface area contributed by atoms with Gasteiger partial charge in [0.1, 0.15) is 24.1 Å². The van der Waals surface area contributed by atoms with Crippen LogP contribution >= 0.6 is 0 Å². The first-order valence-corrected chi connectivity index (χ1v) is 16.6. The summed E-state index contributed by atoms with van der Waals surface area (Å²) < 4.78 is 40.0. The Bertz CT molecular complexity index is 1490. The summed E-state index contributed by atoms with van der Waals surface area (Å²) in [7, 11) is -2.57. The van der Waals surface area contributed by atoms with Crippen LogP contribution in [-0.4, -0.2) is 57.5 Å². The van der Waals surface area contributed by atoms with E-state index in [1.165, 1.54) is 17.0 Å². The number of aryl methyl sites for hydroxylation is 1. The number of carbonyl (C=O) groups is 2. The maximum absolute atomic E-state index is 14.2. The second-order valence-electron chi connectivity index (χ2n) is 11.1. The van der Waals surface area contributed by atoms with Crippen LogP contribution in [0.15, 0.2) is 77.7 Å². The molecule has 0 bridgehead atoms. The Morgan fingerprint density at radius 3 is 2.11 bits per heavy atom.